The van der Waals surface area contributed by atoms with Crippen molar-refractivity contribution in [1.29, 1.82) is 0 Å². The molecule has 0 bridgehead atoms. The lowest BCUT2D eigenvalue weighted by Gasteiger charge is -2.45. The Balaban J connectivity index is 1.12. The molecule has 1 aliphatic rings. The molecule has 5 aromatic rings. The monoisotopic (exact) mass is 1020 g/mol. The van der Waals surface area contributed by atoms with Gasteiger partial charge in [0.05, 0.1) is 73.2 Å². The number of aliphatic hydroxyl groups excluding tert-OH is 1. The average Bonchev–Trinajstić information content (AvgIpc) is 3.99. The highest BCUT2D eigenvalue weighted by Crippen LogP contribution is 2.54. The van der Waals surface area contributed by atoms with Crippen molar-refractivity contribution in [3.8, 4) is 10.4 Å². The summed E-state index contributed by atoms with van der Waals surface area (Å²) in [6.07, 6.45) is -1.42. The Hall–Kier alpha value is -5.66. The highest BCUT2D eigenvalue weighted by Gasteiger charge is 2.50. The lowest BCUT2D eigenvalue weighted by atomic mass is 9.84. The maximum absolute atomic E-state index is 15.3. The molecule has 15 nitrogen and oxygen atoms in total. The van der Waals surface area contributed by atoms with Gasteiger partial charge in [-0.25, -0.2) is 9.78 Å². The van der Waals surface area contributed by atoms with E-state index in [9.17, 15) is 19.5 Å². The molecule has 4 aromatic carbocycles. The molecule has 0 radical (unpaired) electrons. The molecule has 4 amide bonds. The Morgan fingerprint density at radius 2 is 1.26 bits per heavy atom. The van der Waals surface area contributed by atoms with Gasteiger partial charge in [0, 0.05) is 30.8 Å². The second kappa shape index (κ2) is 26.9. The molecular weight excluding hydrogens is 955 g/mol. The Kier molecular flexibility index (Phi) is 20.8. The zero-order valence-corrected chi connectivity index (χ0v) is 43.7. The number of nitrogens with zero attached hydrogens (tertiary/aromatic N) is 2. The van der Waals surface area contributed by atoms with Crippen LogP contribution in [0.15, 0.2) is 121 Å². The third-order valence-electron chi connectivity index (χ3n) is 11.8. The first kappa shape index (κ1) is 55.7. The molecule has 1 aliphatic heterocycles. The number of aromatic nitrogens is 1. The molecule has 0 aliphatic carbocycles. The van der Waals surface area contributed by atoms with Crippen molar-refractivity contribution in [3.05, 3.63) is 149 Å². The lowest BCUT2D eigenvalue weighted by molar-refractivity contribution is -0.142. The number of hydrogen-bond donors (Lipinski definition) is 4. The van der Waals surface area contributed by atoms with E-state index in [2.05, 4.69) is 57.3 Å². The number of thioether (sulfide) groups is 1. The van der Waals surface area contributed by atoms with Crippen LogP contribution in [-0.2, 0) is 49.4 Å². The number of thiazole rings is 1. The van der Waals surface area contributed by atoms with E-state index >= 15 is 4.79 Å². The number of aryl methyl sites for hydroxylation is 1. The van der Waals surface area contributed by atoms with Gasteiger partial charge in [-0.3, -0.25) is 14.4 Å². The number of hydrogen-bond acceptors (Lipinski definition) is 13. The van der Waals surface area contributed by atoms with Crippen molar-refractivity contribution < 1.29 is 48.0 Å². The van der Waals surface area contributed by atoms with Crippen LogP contribution in [0, 0.1) is 6.92 Å². The van der Waals surface area contributed by atoms with E-state index in [-0.39, 0.29) is 39.3 Å². The number of rotatable bonds is 26. The number of β-amino-alcohol motifs (C(OH)–C–C–N with tert-alkyl or cyclic N) is 1. The van der Waals surface area contributed by atoms with E-state index in [4.69, 9.17) is 23.7 Å². The summed E-state index contributed by atoms with van der Waals surface area (Å²) >= 11 is 3.10. The van der Waals surface area contributed by atoms with Crippen LogP contribution in [0.1, 0.15) is 69.0 Å². The van der Waals surface area contributed by atoms with Gasteiger partial charge in [-0.1, -0.05) is 115 Å². The lowest BCUT2D eigenvalue weighted by Crippen LogP contribution is -2.61. The minimum atomic E-state index is -1.20. The third-order valence-corrected chi connectivity index (χ3v) is 14.5. The fourth-order valence-corrected chi connectivity index (χ4v) is 11.0. The number of alkyl carbamates (subject to hydrolysis) is 1. The van der Waals surface area contributed by atoms with E-state index < -0.39 is 57.1 Å². The topological polar surface area (TPSA) is 187 Å². The van der Waals surface area contributed by atoms with E-state index in [1.54, 1.807) is 32.1 Å². The fourth-order valence-electron chi connectivity index (χ4n) is 8.38. The number of ether oxygens (including phenoxy) is 5. The van der Waals surface area contributed by atoms with Crippen LogP contribution in [0.2, 0.25) is 0 Å². The highest BCUT2D eigenvalue weighted by atomic mass is 32.2. The minimum Gasteiger partial charge on any atom is -0.444 e. The molecule has 386 valence electrons. The second-order valence-corrected chi connectivity index (χ2v) is 21.6. The van der Waals surface area contributed by atoms with Crippen molar-refractivity contribution in [2.75, 3.05) is 65.9 Å². The highest BCUT2D eigenvalue weighted by molar-refractivity contribution is 8.02. The first-order valence-corrected chi connectivity index (χ1v) is 26.0. The standard InChI is InChI=1S/C55H69N5O10S2/c1-39-48(71-38-58-39)41-24-22-40(23-25-41)35-57-50(63)46-34-45(61)36-60(46)51(64)49(59-47(62)37-69-33-32-68-31-30-67-29-28-66-27-26-56-52(65)70-53(2,3)4)54(5,6)72-55(42-16-10-7-11-17-42,43-18-12-8-13-19-43)44-20-14-9-15-21-44/h7-25,38,45-46,49,61H,26-37H2,1-6H3,(H,56,65)(H,57,63)(H,59,62)/t45-,46+,49-/m1/s1. The average molecular weight is 1020 g/mol. The molecule has 72 heavy (non-hydrogen) atoms. The summed E-state index contributed by atoms with van der Waals surface area (Å²) in [5, 5.41) is 19.8. The molecule has 1 saturated heterocycles. The van der Waals surface area contributed by atoms with Crippen LogP contribution in [0.25, 0.3) is 10.4 Å². The van der Waals surface area contributed by atoms with Gasteiger partial charge in [-0.2, -0.15) is 0 Å². The molecule has 1 aromatic heterocycles. The van der Waals surface area contributed by atoms with Crippen molar-refractivity contribution >= 4 is 46.9 Å². The maximum Gasteiger partial charge on any atom is 0.407 e. The summed E-state index contributed by atoms with van der Waals surface area (Å²) in [7, 11) is 0. The maximum atomic E-state index is 15.3. The molecule has 3 atom stereocenters. The molecule has 4 N–H and O–H groups in total. The predicted octanol–water partition coefficient (Wildman–Crippen LogP) is 7.28. The Bertz CT molecular complexity index is 2370. The van der Waals surface area contributed by atoms with Crippen molar-refractivity contribution in [2.24, 2.45) is 0 Å². The van der Waals surface area contributed by atoms with Crippen LogP contribution < -0.4 is 16.0 Å². The van der Waals surface area contributed by atoms with Crippen molar-refractivity contribution in [1.82, 2.24) is 25.8 Å². The molecule has 0 spiro atoms. The normalized spacial score (nSPS) is 15.5. The molecule has 17 heteroatoms. The Morgan fingerprint density at radius 3 is 1.78 bits per heavy atom. The molecule has 2 heterocycles. The van der Waals surface area contributed by atoms with Gasteiger partial charge in [0.25, 0.3) is 0 Å². The molecule has 6 rings (SSSR count). The van der Waals surface area contributed by atoms with Gasteiger partial charge in [-0.05, 0) is 69.4 Å². The van der Waals surface area contributed by atoms with E-state index in [0.717, 1.165) is 38.4 Å². The number of aliphatic hydroxyl groups is 1. The molecule has 0 unspecified atom stereocenters. The Morgan fingerprint density at radius 1 is 0.736 bits per heavy atom. The fraction of sp³-hybridized carbons (Fsp3) is 0.436. The zero-order valence-electron chi connectivity index (χ0n) is 42.1. The van der Waals surface area contributed by atoms with Crippen molar-refractivity contribution in [3.63, 3.8) is 0 Å². The zero-order chi connectivity index (χ0) is 51.6. The summed E-state index contributed by atoms with van der Waals surface area (Å²) in [5.41, 5.74) is 7.00. The van der Waals surface area contributed by atoms with Gasteiger partial charge in [0.1, 0.15) is 24.3 Å². The third kappa shape index (κ3) is 15.9. The first-order chi connectivity index (χ1) is 34.6. The summed E-state index contributed by atoms with van der Waals surface area (Å²) in [6.45, 7) is 13.2. The number of amides is 4. The van der Waals surface area contributed by atoms with E-state index in [1.807, 2.05) is 105 Å². The van der Waals surface area contributed by atoms with Crippen LogP contribution in [0.5, 0.6) is 0 Å². The quantitative estimate of drug-likeness (QED) is 0.0321. The van der Waals surface area contributed by atoms with Crippen LogP contribution in [0.3, 0.4) is 0 Å². The van der Waals surface area contributed by atoms with Crippen LogP contribution in [0.4, 0.5) is 4.79 Å². The van der Waals surface area contributed by atoms with Gasteiger partial charge >= 0.3 is 6.09 Å². The minimum absolute atomic E-state index is 0.0361. The molecule has 1 fully saturated rings. The molecule has 0 saturated carbocycles. The van der Waals surface area contributed by atoms with Crippen molar-refractivity contribution in [2.45, 2.75) is 87.8 Å². The first-order valence-electron chi connectivity index (χ1n) is 24.3. The van der Waals surface area contributed by atoms with Crippen LogP contribution >= 0.6 is 23.1 Å². The van der Waals surface area contributed by atoms with E-state index in [0.29, 0.717) is 39.6 Å². The number of nitrogens with one attached hydrogen (secondary N) is 3. The number of carbonyl (C=O) groups is 4. The van der Waals surface area contributed by atoms with Gasteiger partial charge < -0.3 is 49.6 Å². The number of carbonyl (C=O) groups excluding carboxylic acids is 4. The largest absolute Gasteiger partial charge is 0.444 e. The summed E-state index contributed by atoms with van der Waals surface area (Å²) < 4.78 is 25.7. The summed E-state index contributed by atoms with van der Waals surface area (Å²) in [6, 6.07) is 35.9. The summed E-state index contributed by atoms with van der Waals surface area (Å²) in [5.74, 6) is -1.44. The summed E-state index contributed by atoms with van der Waals surface area (Å²) in [4.78, 5) is 61.9. The molecular formula is C55H69N5O10S2. The van der Waals surface area contributed by atoms with E-state index in [1.165, 1.54) is 16.7 Å². The smallest absolute Gasteiger partial charge is 0.407 e. The van der Waals surface area contributed by atoms with Gasteiger partial charge in [-0.15, -0.1) is 23.1 Å². The number of likely N-dealkylation sites (tertiary alicyclic amines) is 1. The van der Waals surface area contributed by atoms with Gasteiger partial charge in [0.15, 0.2) is 0 Å². The van der Waals surface area contributed by atoms with Gasteiger partial charge in [0.2, 0.25) is 17.7 Å². The SMILES string of the molecule is Cc1ncsc1-c1ccc(CNC(=O)[C@@H]2C[C@@H](O)CN2C(=O)[C@@H](NC(=O)COCCOCCOCCOCCNC(=O)OC(C)(C)C)C(C)(C)SC(c2ccccc2)(c2ccccc2)c2ccccc2)cc1. The second-order valence-electron chi connectivity index (χ2n) is 18.9. The predicted molar refractivity (Wildman–Crippen MR) is 281 cm³/mol. The Labute approximate surface area is 431 Å². The number of benzene rings is 4. The van der Waals surface area contributed by atoms with Crippen LogP contribution in [-0.4, -0.2) is 133 Å².